The van der Waals surface area contributed by atoms with Crippen molar-refractivity contribution in [2.45, 2.75) is 32.3 Å². The minimum absolute atomic E-state index is 0.181. The smallest absolute Gasteiger partial charge is 0.314 e. The summed E-state index contributed by atoms with van der Waals surface area (Å²) in [6.45, 7) is 3.30. The fourth-order valence-corrected chi connectivity index (χ4v) is 2.68. The van der Waals surface area contributed by atoms with Crippen LogP contribution in [0.4, 0.5) is 0 Å². The van der Waals surface area contributed by atoms with E-state index < -0.39 is 12.1 Å². The molecule has 110 valence electrons. The molecule has 0 saturated carbocycles. The number of rotatable bonds is 5. The Morgan fingerprint density at radius 3 is 2.95 bits per heavy atom. The van der Waals surface area contributed by atoms with Crippen LogP contribution in [0.1, 0.15) is 38.1 Å². The Hall–Kier alpha value is -1.62. The summed E-state index contributed by atoms with van der Waals surface area (Å²) >= 11 is 0. The number of ether oxygens (including phenoxy) is 1. The first-order valence-corrected chi connectivity index (χ1v) is 6.97. The zero-order valence-electron chi connectivity index (χ0n) is 12.0. The van der Waals surface area contributed by atoms with Crippen LogP contribution in [0, 0.1) is 5.92 Å². The predicted molar refractivity (Wildman–Crippen MR) is 73.1 cm³/mol. The lowest BCUT2D eigenvalue weighted by atomic mass is 9.91. The van der Waals surface area contributed by atoms with Crippen molar-refractivity contribution >= 4 is 11.8 Å². The van der Waals surface area contributed by atoms with Crippen LogP contribution in [-0.2, 0) is 14.3 Å². The van der Waals surface area contributed by atoms with E-state index in [1.807, 2.05) is 6.07 Å². The van der Waals surface area contributed by atoms with Crippen LogP contribution >= 0.6 is 0 Å². The molecule has 2 atom stereocenters. The zero-order valence-corrected chi connectivity index (χ0v) is 12.0. The number of carbonyl (C=O) groups excluding carboxylic acids is 2. The van der Waals surface area contributed by atoms with Gasteiger partial charge in [-0.15, -0.1) is 0 Å². The van der Waals surface area contributed by atoms with E-state index in [0.717, 1.165) is 25.9 Å². The van der Waals surface area contributed by atoms with Crippen molar-refractivity contribution in [1.82, 2.24) is 4.90 Å². The van der Waals surface area contributed by atoms with E-state index in [-0.39, 0.29) is 18.1 Å². The summed E-state index contributed by atoms with van der Waals surface area (Å²) in [6.07, 6.45) is 3.05. The lowest BCUT2D eigenvalue weighted by Crippen LogP contribution is -2.36. The second-order valence-electron chi connectivity index (χ2n) is 5.47. The van der Waals surface area contributed by atoms with Crippen LogP contribution in [0.5, 0.6) is 0 Å². The maximum absolute atomic E-state index is 11.8. The third-order valence-electron chi connectivity index (χ3n) is 3.56. The number of Topliss-reactive ketones (excluding diaryl/α,β-unsaturated/α-hetero) is 1. The SMILES string of the molecule is CC(=O)CC(=O)OC(c1ccco1)C1CCCN(C)C1. The van der Waals surface area contributed by atoms with Crippen LogP contribution in [0.15, 0.2) is 22.8 Å². The normalized spacial score (nSPS) is 21.4. The van der Waals surface area contributed by atoms with Crippen molar-refractivity contribution in [2.75, 3.05) is 20.1 Å². The summed E-state index contributed by atoms with van der Waals surface area (Å²) < 4.78 is 10.9. The standard InChI is InChI=1S/C15H21NO4/c1-11(17)9-14(18)20-15(13-6-4-8-19-13)12-5-3-7-16(2)10-12/h4,6,8,12,15H,3,5,7,9-10H2,1-2H3. The van der Waals surface area contributed by atoms with E-state index in [4.69, 9.17) is 9.15 Å². The molecule has 0 radical (unpaired) electrons. The van der Waals surface area contributed by atoms with Gasteiger partial charge >= 0.3 is 5.97 Å². The third kappa shape index (κ3) is 3.93. The molecule has 1 aliphatic heterocycles. The number of nitrogens with zero attached hydrogens (tertiary/aromatic N) is 1. The Kier molecular flexibility index (Phi) is 4.95. The third-order valence-corrected chi connectivity index (χ3v) is 3.56. The Bertz CT molecular complexity index is 454. The van der Waals surface area contributed by atoms with Gasteiger partial charge in [-0.25, -0.2) is 0 Å². The number of likely N-dealkylation sites (tertiary alicyclic amines) is 1. The average molecular weight is 279 g/mol. The summed E-state index contributed by atoms with van der Waals surface area (Å²) in [7, 11) is 2.06. The molecule has 5 nitrogen and oxygen atoms in total. The number of furan rings is 1. The molecular formula is C15H21NO4. The van der Waals surface area contributed by atoms with Gasteiger partial charge in [0.2, 0.25) is 0 Å². The summed E-state index contributed by atoms with van der Waals surface area (Å²) in [5, 5.41) is 0. The molecule has 20 heavy (non-hydrogen) atoms. The maximum atomic E-state index is 11.8. The van der Waals surface area contributed by atoms with Gasteiger partial charge in [0.1, 0.15) is 18.0 Å². The molecule has 0 N–H and O–H groups in total. The molecule has 0 aliphatic carbocycles. The molecule has 2 heterocycles. The minimum Gasteiger partial charge on any atom is -0.465 e. The van der Waals surface area contributed by atoms with Gasteiger partial charge in [0, 0.05) is 12.5 Å². The molecule has 0 spiro atoms. The van der Waals surface area contributed by atoms with Gasteiger partial charge in [-0.3, -0.25) is 9.59 Å². The molecule has 2 rings (SSSR count). The molecule has 0 amide bonds. The van der Waals surface area contributed by atoms with Crippen LogP contribution in [-0.4, -0.2) is 36.8 Å². The fraction of sp³-hybridized carbons (Fsp3) is 0.600. The molecule has 1 aromatic heterocycles. The predicted octanol–water partition coefficient (Wildman–Crippen LogP) is 2.18. The van der Waals surface area contributed by atoms with Crippen molar-refractivity contribution in [3.05, 3.63) is 24.2 Å². The second kappa shape index (κ2) is 6.70. The van der Waals surface area contributed by atoms with E-state index in [1.165, 1.54) is 6.92 Å². The van der Waals surface area contributed by atoms with Crippen LogP contribution < -0.4 is 0 Å². The second-order valence-corrected chi connectivity index (χ2v) is 5.47. The van der Waals surface area contributed by atoms with Crippen LogP contribution in [0.3, 0.4) is 0 Å². The Labute approximate surface area is 118 Å². The van der Waals surface area contributed by atoms with Gasteiger partial charge < -0.3 is 14.1 Å². The number of esters is 1. The summed E-state index contributed by atoms with van der Waals surface area (Å²) in [5.74, 6) is 0.194. The van der Waals surface area contributed by atoms with E-state index >= 15 is 0 Å². The molecule has 1 aliphatic rings. The highest BCUT2D eigenvalue weighted by atomic mass is 16.6. The van der Waals surface area contributed by atoms with Gasteiger partial charge in [0.25, 0.3) is 0 Å². The summed E-state index contributed by atoms with van der Waals surface area (Å²) in [6, 6.07) is 3.61. The first kappa shape index (κ1) is 14.8. The fourth-order valence-electron chi connectivity index (χ4n) is 2.68. The number of carbonyl (C=O) groups is 2. The number of hydrogen-bond donors (Lipinski definition) is 0. The lowest BCUT2D eigenvalue weighted by Gasteiger charge is -2.33. The Morgan fingerprint density at radius 1 is 1.55 bits per heavy atom. The van der Waals surface area contributed by atoms with Crippen molar-refractivity contribution < 1.29 is 18.7 Å². The van der Waals surface area contributed by atoms with Crippen molar-refractivity contribution in [2.24, 2.45) is 5.92 Å². The van der Waals surface area contributed by atoms with Gasteiger partial charge in [-0.2, -0.15) is 0 Å². The zero-order chi connectivity index (χ0) is 14.5. The highest BCUT2D eigenvalue weighted by Gasteiger charge is 2.32. The minimum atomic E-state index is -0.480. The topological polar surface area (TPSA) is 59.8 Å². The molecule has 1 saturated heterocycles. The molecular weight excluding hydrogens is 258 g/mol. The molecule has 1 aromatic rings. The lowest BCUT2D eigenvalue weighted by molar-refractivity contribution is -0.156. The van der Waals surface area contributed by atoms with Crippen molar-refractivity contribution in [3.63, 3.8) is 0 Å². The van der Waals surface area contributed by atoms with Gasteiger partial charge in [-0.05, 0) is 45.5 Å². The van der Waals surface area contributed by atoms with Gasteiger partial charge in [0.05, 0.1) is 6.26 Å². The summed E-state index contributed by atoms with van der Waals surface area (Å²) in [5.41, 5.74) is 0. The average Bonchev–Trinajstić information content (AvgIpc) is 2.88. The monoisotopic (exact) mass is 279 g/mol. The summed E-state index contributed by atoms with van der Waals surface area (Å²) in [4.78, 5) is 25.0. The van der Waals surface area contributed by atoms with E-state index in [9.17, 15) is 9.59 Å². The molecule has 0 aromatic carbocycles. The van der Waals surface area contributed by atoms with E-state index in [1.54, 1.807) is 12.3 Å². The van der Waals surface area contributed by atoms with E-state index in [0.29, 0.717) is 5.76 Å². The Balaban J connectivity index is 2.08. The molecule has 5 heteroatoms. The Morgan fingerprint density at radius 2 is 2.35 bits per heavy atom. The first-order chi connectivity index (χ1) is 9.56. The largest absolute Gasteiger partial charge is 0.465 e. The van der Waals surface area contributed by atoms with E-state index in [2.05, 4.69) is 11.9 Å². The van der Waals surface area contributed by atoms with Gasteiger partial charge in [0.15, 0.2) is 6.10 Å². The van der Waals surface area contributed by atoms with Crippen molar-refractivity contribution in [3.8, 4) is 0 Å². The maximum Gasteiger partial charge on any atom is 0.314 e. The first-order valence-electron chi connectivity index (χ1n) is 6.97. The number of ketones is 1. The number of hydrogen-bond acceptors (Lipinski definition) is 5. The highest BCUT2D eigenvalue weighted by molar-refractivity contribution is 5.94. The molecule has 0 bridgehead atoms. The van der Waals surface area contributed by atoms with Crippen LogP contribution in [0.2, 0.25) is 0 Å². The molecule has 2 unspecified atom stereocenters. The highest BCUT2D eigenvalue weighted by Crippen LogP contribution is 2.33. The van der Waals surface area contributed by atoms with Crippen molar-refractivity contribution in [1.29, 1.82) is 0 Å². The molecule has 1 fully saturated rings. The van der Waals surface area contributed by atoms with Crippen LogP contribution in [0.25, 0.3) is 0 Å². The quantitative estimate of drug-likeness (QED) is 0.611. The number of piperidine rings is 1. The van der Waals surface area contributed by atoms with Gasteiger partial charge in [-0.1, -0.05) is 0 Å².